The van der Waals surface area contributed by atoms with Crippen molar-refractivity contribution in [2.24, 2.45) is 5.41 Å². The van der Waals surface area contributed by atoms with E-state index in [1.165, 1.54) is 0 Å². The number of nitrogens with one attached hydrogen (secondary N) is 1. The molecular formula is C21H31N3O4. The molecule has 0 unspecified atom stereocenters. The molecule has 28 heavy (non-hydrogen) atoms. The Morgan fingerprint density at radius 3 is 2.64 bits per heavy atom. The van der Waals surface area contributed by atoms with E-state index < -0.39 is 5.41 Å². The Labute approximate surface area is 166 Å². The quantitative estimate of drug-likeness (QED) is 0.593. The summed E-state index contributed by atoms with van der Waals surface area (Å²) in [6, 6.07) is 9.90. The Kier molecular flexibility index (Phi) is 7.04. The Morgan fingerprint density at radius 1 is 1.25 bits per heavy atom. The van der Waals surface area contributed by atoms with Crippen LogP contribution in [0.1, 0.15) is 18.4 Å². The van der Waals surface area contributed by atoms with Crippen LogP contribution in [0.3, 0.4) is 0 Å². The zero-order valence-electron chi connectivity index (χ0n) is 16.6. The molecule has 0 aromatic heterocycles. The minimum absolute atomic E-state index is 0.0292. The zero-order chi connectivity index (χ0) is 20.0. The molecule has 2 aliphatic heterocycles. The number of hydrogen-bond donors (Lipinski definition) is 2. The molecule has 2 aliphatic rings. The largest absolute Gasteiger partial charge is 0.394 e. The van der Waals surface area contributed by atoms with Crippen molar-refractivity contribution in [3.8, 4) is 0 Å². The molecule has 0 bridgehead atoms. The van der Waals surface area contributed by atoms with E-state index >= 15 is 0 Å². The van der Waals surface area contributed by atoms with E-state index in [2.05, 4.69) is 10.2 Å². The summed E-state index contributed by atoms with van der Waals surface area (Å²) in [7, 11) is 1.99. The van der Waals surface area contributed by atoms with Crippen molar-refractivity contribution < 1.29 is 19.4 Å². The van der Waals surface area contributed by atoms with Crippen LogP contribution < -0.4 is 5.32 Å². The Balaban J connectivity index is 1.62. The van der Waals surface area contributed by atoms with Gasteiger partial charge in [-0.2, -0.15) is 0 Å². The summed E-state index contributed by atoms with van der Waals surface area (Å²) in [4.78, 5) is 29.8. The van der Waals surface area contributed by atoms with E-state index in [1.54, 1.807) is 0 Å². The van der Waals surface area contributed by atoms with Gasteiger partial charge in [0, 0.05) is 19.6 Å². The first-order chi connectivity index (χ1) is 13.6. The highest BCUT2D eigenvalue weighted by Gasteiger charge is 2.52. The number of rotatable bonds is 9. The van der Waals surface area contributed by atoms with Gasteiger partial charge in [0.1, 0.15) is 0 Å². The molecule has 2 amide bonds. The second-order valence-corrected chi connectivity index (χ2v) is 7.87. The monoisotopic (exact) mass is 389 g/mol. The van der Waals surface area contributed by atoms with Crippen LogP contribution in [-0.2, 0) is 20.7 Å². The maximum Gasteiger partial charge on any atom is 0.239 e. The standard InChI is InChI=1S/C21H31N3O4/c1-23-10-5-8-18(23)19(26)24-15-21(16-24,14-17-6-3-2-4-7-17)20(27)22-9-12-28-13-11-25/h2-4,6-7,18,25H,5,8-16H2,1H3,(H,22,27)/t18-/m0/s1. The third-order valence-corrected chi connectivity index (χ3v) is 5.74. The second kappa shape index (κ2) is 9.49. The molecule has 2 saturated heterocycles. The van der Waals surface area contributed by atoms with Crippen LogP contribution in [0, 0.1) is 5.41 Å². The van der Waals surface area contributed by atoms with Gasteiger partial charge in [-0.15, -0.1) is 0 Å². The summed E-state index contributed by atoms with van der Waals surface area (Å²) in [5.74, 6) is 0.107. The van der Waals surface area contributed by atoms with Crippen LogP contribution in [0.2, 0.25) is 0 Å². The lowest BCUT2D eigenvalue weighted by atomic mass is 9.73. The van der Waals surface area contributed by atoms with Gasteiger partial charge in [0.15, 0.2) is 0 Å². The molecule has 2 heterocycles. The van der Waals surface area contributed by atoms with Crippen LogP contribution in [0.4, 0.5) is 0 Å². The van der Waals surface area contributed by atoms with Crippen molar-refractivity contribution in [3.05, 3.63) is 35.9 Å². The number of amides is 2. The molecule has 0 spiro atoms. The van der Waals surface area contributed by atoms with Gasteiger partial charge in [-0.3, -0.25) is 14.5 Å². The van der Waals surface area contributed by atoms with Crippen LogP contribution in [0.25, 0.3) is 0 Å². The van der Waals surface area contributed by atoms with E-state index in [0.717, 1.165) is 24.9 Å². The van der Waals surface area contributed by atoms with Gasteiger partial charge in [0.05, 0.1) is 31.3 Å². The highest BCUT2D eigenvalue weighted by atomic mass is 16.5. The fourth-order valence-electron chi connectivity index (χ4n) is 4.19. The van der Waals surface area contributed by atoms with Crippen molar-refractivity contribution in [2.75, 3.05) is 53.0 Å². The first-order valence-electron chi connectivity index (χ1n) is 10.1. The van der Waals surface area contributed by atoms with E-state index in [0.29, 0.717) is 32.7 Å². The van der Waals surface area contributed by atoms with E-state index in [-0.39, 0.29) is 31.1 Å². The number of aliphatic hydroxyl groups excluding tert-OH is 1. The third kappa shape index (κ3) is 4.71. The van der Waals surface area contributed by atoms with Gasteiger partial charge in [-0.25, -0.2) is 0 Å². The van der Waals surface area contributed by atoms with Gasteiger partial charge in [0.25, 0.3) is 0 Å². The second-order valence-electron chi connectivity index (χ2n) is 7.87. The molecule has 1 atom stereocenters. The summed E-state index contributed by atoms with van der Waals surface area (Å²) in [5, 5.41) is 11.7. The van der Waals surface area contributed by atoms with Gasteiger partial charge in [0.2, 0.25) is 11.8 Å². The Morgan fingerprint density at radius 2 is 2.00 bits per heavy atom. The lowest BCUT2D eigenvalue weighted by Crippen LogP contribution is -2.67. The highest BCUT2D eigenvalue weighted by Crippen LogP contribution is 2.36. The average Bonchev–Trinajstić information content (AvgIpc) is 3.10. The molecule has 1 aromatic rings. The van der Waals surface area contributed by atoms with Crippen molar-refractivity contribution in [1.29, 1.82) is 0 Å². The fraction of sp³-hybridized carbons (Fsp3) is 0.619. The number of likely N-dealkylation sites (tertiary alicyclic amines) is 2. The number of carbonyl (C=O) groups excluding carboxylic acids is 2. The number of carbonyl (C=O) groups is 2. The molecule has 2 N–H and O–H groups in total. The summed E-state index contributed by atoms with van der Waals surface area (Å²) < 4.78 is 5.22. The van der Waals surface area contributed by atoms with Gasteiger partial charge in [-0.1, -0.05) is 30.3 Å². The lowest BCUT2D eigenvalue weighted by Gasteiger charge is -2.50. The maximum absolute atomic E-state index is 13.0. The van der Waals surface area contributed by atoms with Crippen LogP contribution >= 0.6 is 0 Å². The van der Waals surface area contributed by atoms with Crippen molar-refractivity contribution in [3.63, 3.8) is 0 Å². The lowest BCUT2D eigenvalue weighted by molar-refractivity contribution is -0.156. The van der Waals surface area contributed by atoms with E-state index in [1.807, 2.05) is 42.3 Å². The fourth-order valence-corrected chi connectivity index (χ4v) is 4.19. The summed E-state index contributed by atoms with van der Waals surface area (Å²) in [6.07, 6.45) is 2.55. The number of likely N-dealkylation sites (N-methyl/N-ethyl adjacent to an activating group) is 1. The predicted octanol–water partition coefficient (Wildman–Crippen LogP) is 0.277. The topological polar surface area (TPSA) is 82.1 Å². The van der Waals surface area contributed by atoms with Gasteiger partial charge in [-0.05, 0) is 38.4 Å². The van der Waals surface area contributed by atoms with Crippen LogP contribution in [-0.4, -0.2) is 85.8 Å². The number of hydrogen-bond acceptors (Lipinski definition) is 5. The average molecular weight is 389 g/mol. The summed E-state index contributed by atoms with van der Waals surface area (Å²) >= 11 is 0. The van der Waals surface area contributed by atoms with Crippen LogP contribution in [0.5, 0.6) is 0 Å². The third-order valence-electron chi connectivity index (χ3n) is 5.74. The minimum Gasteiger partial charge on any atom is -0.394 e. The number of nitrogens with zero attached hydrogens (tertiary/aromatic N) is 2. The van der Waals surface area contributed by atoms with E-state index in [9.17, 15) is 9.59 Å². The van der Waals surface area contributed by atoms with Gasteiger partial charge >= 0.3 is 0 Å². The van der Waals surface area contributed by atoms with E-state index in [4.69, 9.17) is 9.84 Å². The van der Waals surface area contributed by atoms with Crippen molar-refractivity contribution in [2.45, 2.75) is 25.3 Å². The number of aliphatic hydroxyl groups is 1. The smallest absolute Gasteiger partial charge is 0.239 e. The number of benzene rings is 1. The molecule has 7 nitrogen and oxygen atoms in total. The molecular weight excluding hydrogens is 358 g/mol. The van der Waals surface area contributed by atoms with Crippen LogP contribution in [0.15, 0.2) is 30.3 Å². The van der Waals surface area contributed by atoms with Gasteiger partial charge < -0.3 is 20.1 Å². The Bertz CT molecular complexity index is 661. The van der Waals surface area contributed by atoms with Crippen molar-refractivity contribution in [1.82, 2.24) is 15.1 Å². The first-order valence-corrected chi connectivity index (χ1v) is 10.1. The molecule has 0 radical (unpaired) electrons. The molecule has 0 saturated carbocycles. The molecule has 154 valence electrons. The number of ether oxygens (including phenoxy) is 1. The minimum atomic E-state index is -0.592. The molecule has 1 aromatic carbocycles. The maximum atomic E-state index is 13.0. The predicted molar refractivity (Wildman–Crippen MR) is 106 cm³/mol. The summed E-state index contributed by atoms with van der Waals surface area (Å²) in [6.45, 7) is 2.86. The normalized spacial score (nSPS) is 21.4. The van der Waals surface area contributed by atoms with Crippen molar-refractivity contribution >= 4 is 11.8 Å². The Hall–Kier alpha value is -1.96. The first kappa shape index (κ1) is 20.8. The SMILES string of the molecule is CN1CCC[C@H]1C(=O)N1CC(Cc2ccccc2)(C(=O)NCCOCCO)C1. The molecule has 3 rings (SSSR count). The molecule has 7 heteroatoms. The molecule has 2 fully saturated rings. The molecule has 0 aliphatic carbocycles. The summed E-state index contributed by atoms with van der Waals surface area (Å²) in [5.41, 5.74) is 0.504. The zero-order valence-corrected chi connectivity index (χ0v) is 16.6. The highest BCUT2D eigenvalue weighted by molar-refractivity contribution is 5.89.